The van der Waals surface area contributed by atoms with Gasteiger partial charge in [0.2, 0.25) is 0 Å². The van der Waals surface area contributed by atoms with Crippen LogP contribution in [0.2, 0.25) is 0 Å². The van der Waals surface area contributed by atoms with Gasteiger partial charge in [-0.05, 0) is 54.5 Å². The van der Waals surface area contributed by atoms with E-state index in [-0.39, 0.29) is 6.10 Å². The maximum Gasteiger partial charge on any atom is 0.127 e. The zero-order valence-electron chi connectivity index (χ0n) is 13.0. The molecule has 0 radical (unpaired) electrons. The van der Waals surface area contributed by atoms with Gasteiger partial charge in [0.05, 0.1) is 11.6 Å². The van der Waals surface area contributed by atoms with Crippen molar-refractivity contribution in [1.82, 2.24) is 0 Å². The van der Waals surface area contributed by atoms with Crippen LogP contribution in [0.25, 0.3) is 0 Å². The molecule has 0 fully saturated rings. The van der Waals surface area contributed by atoms with E-state index < -0.39 is 0 Å². The van der Waals surface area contributed by atoms with E-state index in [0.29, 0.717) is 11.5 Å². The van der Waals surface area contributed by atoms with Crippen LogP contribution in [-0.2, 0) is 6.42 Å². The van der Waals surface area contributed by atoms with Crippen LogP contribution in [0.5, 0.6) is 5.75 Å². The predicted octanol–water partition coefficient (Wildman–Crippen LogP) is 4.07. The molecule has 2 aromatic rings. The van der Waals surface area contributed by atoms with E-state index in [0.717, 1.165) is 29.5 Å². The molecule has 0 saturated heterocycles. The van der Waals surface area contributed by atoms with Crippen LogP contribution in [0.4, 0.5) is 0 Å². The first-order valence-electron chi connectivity index (χ1n) is 7.65. The Morgan fingerprint density at radius 2 is 2.00 bits per heavy atom. The highest BCUT2D eigenvalue weighted by atomic mass is 31.0. The standard InChI is InChI=1S/C19H20NOP/c1-12-7-8-14-5-3-4-6-16(14)18(12)21-17-10-9-15(11-20)13(2)19(17)22/h3-6,9-10,12,18H,7-8,22H2,1-2H3/t12?,18-/m1/s1. The molecule has 0 heterocycles. The van der Waals surface area contributed by atoms with Crippen LogP contribution >= 0.6 is 9.24 Å². The first-order valence-corrected chi connectivity index (χ1v) is 8.23. The molecule has 2 nitrogen and oxygen atoms in total. The van der Waals surface area contributed by atoms with E-state index in [2.05, 4.69) is 46.5 Å². The molecule has 0 amide bonds. The number of nitrogens with zero attached hydrogens (tertiary/aromatic N) is 1. The topological polar surface area (TPSA) is 33.0 Å². The van der Waals surface area contributed by atoms with Crippen LogP contribution in [-0.4, -0.2) is 0 Å². The first kappa shape index (κ1) is 15.1. The lowest BCUT2D eigenvalue weighted by Gasteiger charge is -2.32. The van der Waals surface area contributed by atoms with Crippen LogP contribution in [0, 0.1) is 24.2 Å². The summed E-state index contributed by atoms with van der Waals surface area (Å²) < 4.78 is 6.37. The van der Waals surface area contributed by atoms with Crippen LogP contribution in [0.15, 0.2) is 36.4 Å². The Labute approximate surface area is 134 Å². The molecular weight excluding hydrogens is 289 g/mol. The van der Waals surface area contributed by atoms with Crippen LogP contribution < -0.4 is 10.0 Å². The first-order chi connectivity index (χ1) is 10.6. The molecular formula is C19H20NOP. The Morgan fingerprint density at radius 1 is 1.23 bits per heavy atom. The summed E-state index contributed by atoms with van der Waals surface area (Å²) in [6.45, 7) is 4.21. The molecule has 0 saturated carbocycles. The number of fused-ring (bicyclic) bond motifs is 1. The summed E-state index contributed by atoms with van der Waals surface area (Å²) in [5.74, 6) is 1.34. The molecule has 22 heavy (non-hydrogen) atoms. The maximum absolute atomic E-state index is 9.13. The summed E-state index contributed by atoms with van der Waals surface area (Å²) in [5, 5.41) is 10.1. The van der Waals surface area contributed by atoms with Crippen molar-refractivity contribution >= 4 is 14.5 Å². The monoisotopic (exact) mass is 309 g/mol. The summed E-state index contributed by atoms with van der Waals surface area (Å²) in [4.78, 5) is 0. The average Bonchev–Trinajstić information content (AvgIpc) is 2.54. The highest BCUT2D eigenvalue weighted by molar-refractivity contribution is 7.28. The van der Waals surface area contributed by atoms with Gasteiger partial charge in [-0.25, -0.2) is 0 Å². The number of benzene rings is 2. The van der Waals surface area contributed by atoms with E-state index in [1.54, 1.807) is 0 Å². The number of nitriles is 1. The van der Waals surface area contributed by atoms with Gasteiger partial charge in [0.25, 0.3) is 0 Å². The van der Waals surface area contributed by atoms with Crippen molar-refractivity contribution in [3.8, 4) is 11.8 Å². The number of hydrogen-bond acceptors (Lipinski definition) is 2. The summed E-state index contributed by atoms with van der Waals surface area (Å²) in [7, 11) is 2.72. The molecule has 3 rings (SSSR count). The summed E-state index contributed by atoms with van der Waals surface area (Å²) in [5.41, 5.74) is 4.37. The fourth-order valence-electron chi connectivity index (χ4n) is 3.12. The van der Waals surface area contributed by atoms with Crippen molar-refractivity contribution in [1.29, 1.82) is 5.26 Å². The van der Waals surface area contributed by atoms with Crippen LogP contribution in [0.1, 0.15) is 41.7 Å². The molecule has 0 spiro atoms. The van der Waals surface area contributed by atoms with E-state index in [9.17, 15) is 0 Å². The summed E-state index contributed by atoms with van der Waals surface area (Å²) in [6.07, 6.45) is 2.34. The third-order valence-electron chi connectivity index (χ3n) is 4.60. The SMILES string of the molecule is Cc1c(C#N)ccc(O[C@H]2c3ccccc3CCC2C)c1P. The second-order valence-corrected chi connectivity index (χ2v) is 6.59. The Hall–Kier alpha value is -1.84. The van der Waals surface area contributed by atoms with E-state index in [4.69, 9.17) is 10.00 Å². The van der Waals surface area contributed by atoms with Gasteiger partial charge >= 0.3 is 0 Å². The lowest BCUT2D eigenvalue weighted by atomic mass is 9.82. The fourth-order valence-corrected chi connectivity index (χ4v) is 3.44. The van der Waals surface area contributed by atoms with E-state index >= 15 is 0 Å². The quantitative estimate of drug-likeness (QED) is 0.783. The van der Waals surface area contributed by atoms with Crippen molar-refractivity contribution in [2.24, 2.45) is 5.92 Å². The highest BCUT2D eigenvalue weighted by Gasteiger charge is 2.28. The Morgan fingerprint density at radius 3 is 2.77 bits per heavy atom. The van der Waals surface area contributed by atoms with Crippen molar-refractivity contribution in [2.45, 2.75) is 32.8 Å². The zero-order valence-corrected chi connectivity index (χ0v) is 14.1. The smallest absolute Gasteiger partial charge is 0.127 e. The van der Waals surface area contributed by atoms with Gasteiger partial charge < -0.3 is 4.74 Å². The number of rotatable bonds is 2. The van der Waals surface area contributed by atoms with Gasteiger partial charge in [-0.15, -0.1) is 9.24 Å². The minimum absolute atomic E-state index is 0.0802. The highest BCUT2D eigenvalue weighted by Crippen LogP contribution is 2.37. The molecule has 0 aromatic heterocycles. The third kappa shape index (κ3) is 2.62. The molecule has 0 N–H and O–H groups in total. The van der Waals surface area contributed by atoms with Crippen molar-refractivity contribution < 1.29 is 4.74 Å². The van der Waals surface area contributed by atoms with Gasteiger partial charge in [0, 0.05) is 5.30 Å². The van der Waals surface area contributed by atoms with Crippen molar-refractivity contribution in [3.05, 3.63) is 58.7 Å². The van der Waals surface area contributed by atoms with Crippen molar-refractivity contribution in [2.75, 3.05) is 0 Å². The van der Waals surface area contributed by atoms with Gasteiger partial charge in [0.15, 0.2) is 0 Å². The van der Waals surface area contributed by atoms with Gasteiger partial charge in [0.1, 0.15) is 11.9 Å². The lowest BCUT2D eigenvalue weighted by Crippen LogP contribution is -2.24. The number of aryl methyl sites for hydroxylation is 1. The van der Waals surface area contributed by atoms with E-state index in [1.165, 1.54) is 11.1 Å². The number of ether oxygens (including phenoxy) is 1. The Kier molecular flexibility index (Phi) is 4.19. The molecule has 112 valence electrons. The van der Waals surface area contributed by atoms with Crippen molar-refractivity contribution in [3.63, 3.8) is 0 Å². The second-order valence-electron chi connectivity index (χ2n) is 6.01. The molecule has 3 atom stereocenters. The third-order valence-corrected chi connectivity index (χ3v) is 5.31. The maximum atomic E-state index is 9.13. The lowest BCUT2D eigenvalue weighted by molar-refractivity contribution is 0.130. The molecule has 1 aliphatic carbocycles. The molecule has 1 aliphatic rings. The van der Waals surface area contributed by atoms with Gasteiger partial charge in [-0.1, -0.05) is 31.2 Å². The molecule has 2 unspecified atom stereocenters. The number of hydrogen-bond donors (Lipinski definition) is 0. The van der Waals surface area contributed by atoms with Crippen LogP contribution in [0.3, 0.4) is 0 Å². The fraction of sp³-hybridized carbons (Fsp3) is 0.316. The summed E-state index contributed by atoms with van der Waals surface area (Å²) in [6, 6.07) is 14.5. The summed E-state index contributed by atoms with van der Waals surface area (Å²) >= 11 is 0. The Balaban J connectivity index is 1.97. The largest absolute Gasteiger partial charge is 0.485 e. The molecule has 0 aliphatic heterocycles. The molecule has 3 heteroatoms. The minimum Gasteiger partial charge on any atom is -0.485 e. The van der Waals surface area contributed by atoms with Gasteiger partial charge in [-0.2, -0.15) is 5.26 Å². The molecule has 2 aromatic carbocycles. The zero-order chi connectivity index (χ0) is 15.7. The predicted molar refractivity (Wildman–Crippen MR) is 92.5 cm³/mol. The minimum atomic E-state index is 0.0802. The van der Waals surface area contributed by atoms with E-state index in [1.807, 2.05) is 19.1 Å². The second kappa shape index (κ2) is 6.11. The Bertz CT molecular complexity index is 748. The van der Waals surface area contributed by atoms with Gasteiger partial charge in [-0.3, -0.25) is 0 Å². The normalized spacial score (nSPS) is 20.1. The molecule has 0 bridgehead atoms. The average molecular weight is 309 g/mol.